The summed E-state index contributed by atoms with van der Waals surface area (Å²) in [4.78, 5) is 0. The van der Waals surface area contributed by atoms with Crippen LogP contribution in [0.2, 0.25) is 0 Å². The largest absolute Gasteiger partial charge is 0.377 e. The maximum absolute atomic E-state index is 5.66. The van der Waals surface area contributed by atoms with Crippen LogP contribution >= 0.6 is 0 Å². The van der Waals surface area contributed by atoms with Crippen molar-refractivity contribution < 1.29 is 4.74 Å². The highest BCUT2D eigenvalue weighted by Gasteiger charge is 2.13. The second kappa shape index (κ2) is 5.96. The van der Waals surface area contributed by atoms with E-state index in [2.05, 4.69) is 35.8 Å². The zero-order valence-electron chi connectivity index (χ0n) is 10.9. The first kappa shape index (κ1) is 13.0. The molecule has 0 heterocycles. The summed E-state index contributed by atoms with van der Waals surface area (Å²) in [6.45, 7) is 4.62. The third-order valence-electron chi connectivity index (χ3n) is 3.00. The van der Waals surface area contributed by atoms with Crippen molar-refractivity contribution in [1.82, 2.24) is 5.43 Å². The Labute approximate surface area is 108 Å². The van der Waals surface area contributed by atoms with Gasteiger partial charge in [0.1, 0.15) is 0 Å². The SMILES string of the molecule is CC(C)OCC(NN)c1cccc2ccccc12. The van der Waals surface area contributed by atoms with Gasteiger partial charge in [-0.2, -0.15) is 0 Å². The van der Waals surface area contributed by atoms with Crippen LogP contribution in [0, 0.1) is 0 Å². The first-order chi connectivity index (χ1) is 8.72. The number of hydrazine groups is 1. The van der Waals surface area contributed by atoms with Crippen LogP contribution in [0.4, 0.5) is 0 Å². The first-order valence-electron chi connectivity index (χ1n) is 6.27. The Morgan fingerprint density at radius 1 is 1.11 bits per heavy atom. The van der Waals surface area contributed by atoms with Crippen molar-refractivity contribution >= 4 is 10.8 Å². The molecule has 3 heteroatoms. The third kappa shape index (κ3) is 2.88. The predicted molar refractivity (Wildman–Crippen MR) is 75.1 cm³/mol. The standard InChI is InChI=1S/C15H20N2O/c1-11(2)18-10-15(17-16)14-9-5-7-12-6-3-4-8-13(12)14/h3-9,11,15,17H,10,16H2,1-2H3. The minimum atomic E-state index is 0.0125. The molecule has 0 bridgehead atoms. The summed E-state index contributed by atoms with van der Waals surface area (Å²) in [5.74, 6) is 5.65. The van der Waals surface area contributed by atoms with Gasteiger partial charge in [-0.1, -0.05) is 42.5 Å². The molecule has 0 aliphatic carbocycles. The fourth-order valence-electron chi connectivity index (χ4n) is 2.07. The number of ether oxygens (including phenoxy) is 1. The summed E-state index contributed by atoms with van der Waals surface area (Å²) in [5, 5.41) is 2.44. The van der Waals surface area contributed by atoms with Crippen LogP contribution in [0.25, 0.3) is 10.8 Å². The molecule has 3 nitrogen and oxygen atoms in total. The minimum Gasteiger partial charge on any atom is -0.377 e. The van der Waals surface area contributed by atoms with Crippen LogP contribution in [-0.2, 0) is 4.74 Å². The van der Waals surface area contributed by atoms with E-state index in [-0.39, 0.29) is 12.1 Å². The van der Waals surface area contributed by atoms with Gasteiger partial charge in [-0.3, -0.25) is 11.3 Å². The van der Waals surface area contributed by atoms with Gasteiger partial charge in [0, 0.05) is 0 Å². The molecule has 2 aromatic carbocycles. The van der Waals surface area contributed by atoms with E-state index in [9.17, 15) is 0 Å². The molecular formula is C15H20N2O. The normalized spacial score (nSPS) is 13.1. The highest BCUT2D eigenvalue weighted by atomic mass is 16.5. The smallest absolute Gasteiger partial charge is 0.0700 e. The summed E-state index contributed by atoms with van der Waals surface area (Å²) in [6, 6.07) is 14.6. The molecule has 1 atom stereocenters. The molecule has 1 unspecified atom stereocenters. The summed E-state index contributed by atoms with van der Waals surface area (Å²) in [7, 11) is 0. The molecule has 0 saturated heterocycles. The average Bonchev–Trinajstić information content (AvgIpc) is 2.39. The highest BCUT2D eigenvalue weighted by molar-refractivity contribution is 5.86. The fraction of sp³-hybridized carbons (Fsp3) is 0.333. The summed E-state index contributed by atoms with van der Waals surface area (Å²) in [5.41, 5.74) is 4.02. The van der Waals surface area contributed by atoms with Gasteiger partial charge in [-0.25, -0.2) is 0 Å². The van der Waals surface area contributed by atoms with Crippen molar-refractivity contribution in [2.45, 2.75) is 26.0 Å². The monoisotopic (exact) mass is 244 g/mol. The molecule has 0 radical (unpaired) electrons. The van der Waals surface area contributed by atoms with Gasteiger partial charge >= 0.3 is 0 Å². The van der Waals surface area contributed by atoms with E-state index in [1.165, 1.54) is 16.3 Å². The Balaban J connectivity index is 2.32. The summed E-state index contributed by atoms with van der Waals surface area (Å²) in [6.07, 6.45) is 0.204. The van der Waals surface area contributed by atoms with Gasteiger partial charge in [-0.05, 0) is 30.2 Å². The second-order valence-electron chi connectivity index (χ2n) is 4.67. The third-order valence-corrected chi connectivity index (χ3v) is 3.00. The van der Waals surface area contributed by atoms with E-state index in [0.717, 1.165) is 0 Å². The van der Waals surface area contributed by atoms with Crippen molar-refractivity contribution in [2.24, 2.45) is 5.84 Å². The van der Waals surface area contributed by atoms with Crippen molar-refractivity contribution in [2.75, 3.05) is 6.61 Å². The zero-order valence-corrected chi connectivity index (χ0v) is 10.9. The zero-order chi connectivity index (χ0) is 13.0. The molecule has 0 aromatic heterocycles. The lowest BCUT2D eigenvalue weighted by Gasteiger charge is -2.19. The van der Waals surface area contributed by atoms with E-state index in [4.69, 9.17) is 10.6 Å². The quantitative estimate of drug-likeness (QED) is 0.628. The van der Waals surface area contributed by atoms with Gasteiger partial charge in [0.15, 0.2) is 0 Å². The topological polar surface area (TPSA) is 47.3 Å². The van der Waals surface area contributed by atoms with Crippen LogP contribution in [-0.4, -0.2) is 12.7 Å². The maximum atomic E-state index is 5.66. The summed E-state index contributed by atoms with van der Waals surface area (Å²) >= 11 is 0. The number of rotatable bonds is 5. The Morgan fingerprint density at radius 3 is 2.56 bits per heavy atom. The van der Waals surface area contributed by atoms with E-state index in [1.54, 1.807) is 0 Å². The van der Waals surface area contributed by atoms with Crippen LogP contribution in [0.3, 0.4) is 0 Å². The molecule has 3 N–H and O–H groups in total. The van der Waals surface area contributed by atoms with Gasteiger partial charge in [0.25, 0.3) is 0 Å². The van der Waals surface area contributed by atoms with Crippen molar-refractivity contribution in [3.05, 3.63) is 48.0 Å². The molecule has 0 fully saturated rings. The van der Waals surface area contributed by atoms with Gasteiger partial charge in [0.05, 0.1) is 18.8 Å². The van der Waals surface area contributed by atoms with Crippen LogP contribution in [0.1, 0.15) is 25.5 Å². The molecule has 2 rings (SSSR count). The van der Waals surface area contributed by atoms with Gasteiger partial charge in [0.2, 0.25) is 0 Å². The van der Waals surface area contributed by atoms with Crippen molar-refractivity contribution in [1.29, 1.82) is 0 Å². The van der Waals surface area contributed by atoms with E-state index < -0.39 is 0 Å². The Morgan fingerprint density at radius 2 is 1.83 bits per heavy atom. The first-order valence-corrected chi connectivity index (χ1v) is 6.27. The predicted octanol–water partition coefficient (Wildman–Crippen LogP) is 2.77. The molecule has 0 aliphatic heterocycles. The molecule has 18 heavy (non-hydrogen) atoms. The molecule has 0 spiro atoms. The lowest BCUT2D eigenvalue weighted by Crippen LogP contribution is -2.32. The number of hydrogen-bond donors (Lipinski definition) is 2. The van der Waals surface area contributed by atoms with E-state index >= 15 is 0 Å². The number of hydrogen-bond acceptors (Lipinski definition) is 3. The lowest BCUT2D eigenvalue weighted by molar-refractivity contribution is 0.0614. The van der Waals surface area contributed by atoms with Crippen LogP contribution < -0.4 is 11.3 Å². The maximum Gasteiger partial charge on any atom is 0.0700 e. The molecular weight excluding hydrogens is 224 g/mol. The Kier molecular flexibility index (Phi) is 4.31. The van der Waals surface area contributed by atoms with Gasteiger partial charge < -0.3 is 4.74 Å². The second-order valence-corrected chi connectivity index (χ2v) is 4.67. The molecule has 0 amide bonds. The van der Waals surface area contributed by atoms with Crippen molar-refractivity contribution in [3.8, 4) is 0 Å². The molecule has 0 saturated carbocycles. The van der Waals surface area contributed by atoms with E-state index in [0.29, 0.717) is 6.61 Å². The molecule has 2 aromatic rings. The lowest BCUT2D eigenvalue weighted by atomic mass is 9.99. The molecule has 96 valence electrons. The Bertz CT molecular complexity index is 505. The minimum absolute atomic E-state index is 0.0125. The highest BCUT2D eigenvalue weighted by Crippen LogP contribution is 2.24. The number of fused-ring (bicyclic) bond motifs is 1. The average molecular weight is 244 g/mol. The Hall–Kier alpha value is -1.42. The molecule has 0 aliphatic rings. The number of benzene rings is 2. The van der Waals surface area contributed by atoms with Gasteiger partial charge in [-0.15, -0.1) is 0 Å². The van der Waals surface area contributed by atoms with Crippen molar-refractivity contribution in [3.63, 3.8) is 0 Å². The van der Waals surface area contributed by atoms with Crippen LogP contribution in [0.15, 0.2) is 42.5 Å². The number of nitrogens with one attached hydrogen (secondary N) is 1. The fourth-order valence-corrected chi connectivity index (χ4v) is 2.07. The van der Waals surface area contributed by atoms with Crippen LogP contribution in [0.5, 0.6) is 0 Å². The van der Waals surface area contributed by atoms with E-state index in [1.807, 2.05) is 26.0 Å². The summed E-state index contributed by atoms with van der Waals surface area (Å²) < 4.78 is 5.66. The number of nitrogens with two attached hydrogens (primary N) is 1.